The molecule has 4 nitrogen and oxygen atoms in total. The number of aromatic amines is 1. The molecular weight excluding hydrogens is 224 g/mol. The lowest BCUT2D eigenvalue weighted by Crippen LogP contribution is -2.25. The molecule has 0 bridgehead atoms. The zero-order valence-electron chi connectivity index (χ0n) is 7.66. The summed E-state index contributed by atoms with van der Waals surface area (Å²) in [5.41, 5.74) is 0.916. The zero-order valence-corrected chi connectivity index (χ0v) is 9.24. The Bertz CT molecular complexity index is 347. The largest absolute Gasteiger partial charge is 0.367 e. The van der Waals surface area contributed by atoms with Gasteiger partial charge in [0.05, 0.1) is 5.75 Å². The van der Waals surface area contributed by atoms with Gasteiger partial charge in [-0.15, -0.1) is 11.6 Å². The van der Waals surface area contributed by atoms with Gasteiger partial charge in [-0.25, -0.2) is 13.1 Å². The summed E-state index contributed by atoms with van der Waals surface area (Å²) in [4.78, 5) is 2.85. The number of halogens is 1. The van der Waals surface area contributed by atoms with Crippen molar-refractivity contribution in [2.45, 2.75) is 13.0 Å². The van der Waals surface area contributed by atoms with Crippen molar-refractivity contribution < 1.29 is 8.42 Å². The topological polar surface area (TPSA) is 62.0 Å². The Morgan fingerprint density at radius 1 is 1.50 bits per heavy atom. The van der Waals surface area contributed by atoms with Gasteiger partial charge in [-0.05, 0) is 18.1 Å². The van der Waals surface area contributed by atoms with Gasteiger partial charge in [-0.1, -0.05) is 0 Å². The smallest absolute Gasteiger partial charge is 0.211 e. The maximum absolute atomic E-state index is 11.3. The molecule has 0 aliphatic heterocycles. The summed E-state index contributed by atoms with van der Waals surface area (Å²) in [6, 6.07) is 1.82. The van der Waals surface area contributed by atoms with Gasteiger partial charge in [-0.3, -0.25) is 0 Å². The van der Waals surface area contributed by atoms with E-state index in [0.29, 0.717) is 18.8 Å². The van der Waals surface area contributed by atoms with E-state index in [1.54, 1.807) is 12.4 Å². The van der Waals surface area contributed by atoms with Crippen LogP contribution in [0, 0.1) is 0 Å². The predicted octanol–water partition coefficient (Wildman–Crippen LogP) is 1.06. The summed E-state index contributed by atoms with van der Waals surface area (Å²) >= 11 is 5.41. The number of hydrogen-bond acceptors (Lipinski definition) is 2. The summed E-state index contributed by atoms with van der Waals surface area (Å²) in [6.07, 6.45) is 3.98. The van der Waals surface area contributed by atoms with Crippen LogP contribution in [0.15, 0.2) is 18.5 Å². The van der Waals surface area contributed by atoms with Crippen molar-refractivity contribution >= 4 is 21.6 Å². The average Bonchev–Trinajstić information content (AvgIpc) is 2.64. The highest BCUT2D eigenvalue weighted by Gasteiger charge is 2.08. The van der Waals surface area contributed by atoms with Gasteiger partial charge in [0, 0.05) is 24.8 Å². The SMILES string of the molecule is O=S(=O)(CCCCl)NCc1cc[nH]c1. The summed E-state index contributed by atoms with van der Waals surface area (Å²) in [5.74, 6) is 0.450. The molecule has 0 saturated carbocycles. The van der Waals surface area contributed by atoms with E-state index in [-0.39, 0.29) is 5.75 Å². The minimum atomic E-state index is -3.17. The van der Waals surface area contributed by atoms with Crippen molar-refractivity contribution in [3.05, 3.63) is 24.0 Å². The lowest BCUT2D eigenvalue weighted by atomic mass is 10.4. The second-order valence-corrected chi connectivity index (χ2v) is 5.21. The first-order chi connectivity index (χ1) is 6.64. The van der Waals surface area contributed by atoms with Gasteiger partial charge in [-0.2, -0.15) is 0 Å². The molecule has 1 aromatic heterocycles. The van der Waals surface area contributed by atoms with Crippen molar-refractivity contribution in [3.8, 4) is 0 Å². The normalized spacial score (nSPS) is 11.8. The highest BCUT2D eigenvalue weighted by molar-refractivity contribution is 7.89. The molecule has 1 rings (SSSR count). The van der Waals surface area contributed by atoms with Gasteiger partial charge < -0.3 is 4.98 Å². The van der Waals surface area contributed by atoms with Crippen molar-refractivity contribution in [3.63, 3.8) is 0 Å². The van der Waals surface area contributed by atoms with Crippen LogP contribution < -0.4 is 4.72 Å². The van der Waals surface area contributed by atoms with Crippen LogP contribution in [-0.2, 0) is 16.6 Å². The highest BCUT2D eigenvalue weighted by Crippen LogP contribution is 1.98. The van der Waals surface area contributed by atoms with Crippen LogP contribution in [-0.4, -0.2) is 25.0 Å². The molecule has 0 aliphatic rings. The summed E-state index contributed by atoms with van der Waals surface area (Å²) in [5, 5.41) is 0. The molecule has 80 valence electrons. The third kappa shape index (κ3) is 4.13. The predicted molar refractivity (Wildman–Crippen MR) is 56.8 cm³/mol. The molecule has 0 spiro atoms. The number of rotatable bonds is 6. The van der Waals surface area contributed by atoms with Crippen molar-refractivity contribution in [1.29, 1.82) is 0 Å². The molecule has 6 heteroatoms. The molecule has 0 amide bonds. The Hall–Kier alpha value is -0.520. The Morgan fingerprint density at radius 2 is 2.29 bits per heavy atom. The average molecular weight is 237 g/mol. The van der Waals surface area contributed by atoms with Crippen LogP contribution in [0.1, 0.15) is 12.0 Å². The van der Waals surface area contributed by atoms with Gasteiger partial charge in [0.2, 0.25) is 10.0 Å². The molecule has 1 aromatic rings. The first kappa shape index (κ1) is 11.6. The third-order valence-corrected chi connectivity index (χ3v) is 3.38. The first-order valence-corrected chi connectivity index (χ1v) is 6.48. The molecule has 0 fully saturated rings. The summed E-state index contributed by atoms with van der Waals surface area (Å²) < 4.78 is 25.1. The molecule has 14 heavy (non-hydrogen) atoms. The Labute approximate surface area is 88.7 Å². The lowest BCUT2D eigenvalue weighted by Gasteiger charge is -2.03. The summed E-state index contributed by atoms with van der Waals surface area (Å²) in [6.45, 7) is 0.327. The zero-order chi connectivity index (χ0) is 10.4. The third-order valence-electron chi connectivity index (χ3n) is 1.71. The fraction of sp³-hybridized carbons (Fsp3) is 0.500. The summed E-state index contributed by atoms with van der Waals surface area (Å²) in [7, 11) is -3.17. The fourth-order valence-corrected chi connectivity index (χ4v) is 2.33. The van der Waals surface area contributed by atoms with Gasteiger partial charge >= 0.3 is 0 Å². The Balaban J connectivity index is 2.37. The van der Waals surface area contributed by atoms with E-state index in [9.17, 15) is 8.42 Å². The standard InChI is InChI=1S/C8H13ClN2O2S/c9-3-1-5-14(12,13)11-7-8-2-4-10-6-8/h2,4,6,10-11H,1,3,5,7H2. The van der Waals surface area contributed by atoms with Crippen LogP contribution in [0.4, 0.5) is 0 Å². The Morgan fingerprint density at radius 3 is 2.86 bits per heavy atom. The fourth-order valence-electron chi connectivity index (χ4n) is 0.978. The molecule has 0 saturated heterocycles. The maximum atomic E-state index is 11.3. The van der Waals surface area contributed by atoms with Crippen LogP contribution in [0.25, 0.3) is 0 Å². The first-order valence-electron chi connectivity index (χ1n) is 4.29. The van der Waals surface area contributed by atoms with E-state index in [2.05, 4.69) is 9.71 Å². The number of aromatic nitrogens is 1. The van der Waals surface area contributed by atoms with Crippen molar-refractivity contribution in [2.24, 2.45) is 0 Å². The van der Waals surface area contributed by atoms with E-state index in [1.807, 2.05) is 6.07 Å². The van der Waals surface area contributed by atoms with Crippen LogP contribution in [0.5, 0.6) is 0 Å². The second kappa shape index (κ2) is 5.38. The van der Waals surface area contributed by atoms with E-state index >= 15 is 0 Å². The quantitative estimate of drug-likeness (QED) is 0.726. The Kier molecular flexibility index (Phi) is 4.44. The molecular formula is C8H13ClN2O2S. The van der Waals surface area contributed by atoms with Gasteiger partial charge in [0.1, 0.15) is 0 Å². The minimum Gasteiger partial charge on any atom is -0.367 e. The molecule has 0 aliphatic carbocycles. The molecule has 0 unspecified atom stereocenters. The molecule has 0 atom stereocenters. The van der Waals surface area contributed by atoms with E-state index in [4.69, 9.17) is 11.6 Å². The number of hydrogen-bond donors (Lipinski definition) is 2. The number of H-pyrrole nitrogens is 1. The van der Waals surface area contributed by atoms with Crippen LogP contribution in [0.3, 0.4) is 0 Å². The lowest BCUT2D eigenvalue weighted by molar-refractivity contribution is 0.580. The number of alkyl halides is 1. The molecule has 0 radical (unpaired) electrons. The number of nitrogens with one attached hydrogen (secondary N) is 2. The molecule has 0 aromatic carbocycles. The minimum absolute atomic E-state index is 0.0842. The maximum Gasteiger partial charge on any atom is 0.211 e. The number of sulfonamides is 1. The highest BCUT2D eigenvalue weighted by atomic mass is 35.5. The molecule has 1 heterocycles. The monoisotopic (exact) mass is 236 g/mol. The van der Waals surface area contributed by atoms with Crippen molar-refractivity contribution in [2.75, 3.05) is 11.6 Å². The van der Waals surface area contributed by atoms with Gasteiger partial charge in [0.15, 0.2) is 0 Å². The van der Waals surface area contributed by atoms with Crippen LogP contribution >= 0.6 is 11.6 Å². The van der Waals surface area contributed by atoms with Gasteiger partial charge in [0.25, 0.3) is 0 Å². The molecule has 2 N–H and O–H groups in total. The second-order valence-electron chi connectivity index (χ2n) is 2.90. The van der Waals surface area contributed by atoms with Crippen molar-refractivity contribution in [1.82, 2.24) is 9.71 Å². The van der Waals surface area contributed by atoms with E-state index in [1.165, 1.54) is 0 Å². The van der Waals surface area contributed by atoms with E-state index < -0.39 is 10.0 Å². The van der Waals surface area contributed by atoms with E-state index in [0.717, 1.165) is 5.56 Å². The van der Waals surface area contributed by atoms with Crippen LogP contribution in [0.2, 0.25) is 0 Å².